The van der Waals surface area contributed by atoms with E-state index in [-0.39, 0.29) is 36.0 Å². The highest BCUT2D eigenvalue weighted by atomic mass is 127. The highest BCUT2D eigenvalue weighted by Crippen LogP contribution is 2.40. The van der Waals surface area contributed by atoms with Gasteiger partial charge in [-0.2, -0.15) is 0 Å². The van der Waals surface area contributed by atoms with Gasteiger partial charge in [-0.15, -0.1) is 0 Å². The quantitative estimate of drug-likeness (QED) is 0.0810. The number of amidine groups is 1. The summed E-state index contributed by atoms with van der Waals surface area (Å²) in [4.78, 5) is 56.4. The van der Waals surface area contributed by atoms with Crippen molar-refractivity contribution in [1.82, 2.24) is 4.90 Å². The van der Waals surface area contributed by atoms with Crippen LogP contribution in [0.25, 0.3) is 0 Å². The number of allylic oxidation sites excluding steroid dienone is 1. The van der Waals surface area contributed by atoms with E-state index in [4.69, 9.17) is 27.8 Å². The van der Waals surface area contributed by atoms with Crippen LogP contribution in [0.3, 0.4) is 0 Å². The van der Waals surface area contributed by atoms with Crippen LogP contribution in [0.15, 0.2) is 16.8 Å². The van der Waals surface area contributed by atoms with Gasteiger partial charge in [-0.25, -0.2) is 0 Å². The Bertz CT molecular complexity index is 1140. The van der Waals surface area contributed by atoms with E-state index in [1.165, 1.54) is 29.9 Å². The number of Topliss-reactive ketones (excluding diaryl/α,β-unsaturated/α-hetero) is 2. The summed E-state index contributed by atoms with van der Waals surface area (Å²) in [5, 5.41) is 3.75. The summed E-state index contributed by atoms with van der Waals surface area (Å²) in [5.41, 5.74) is 6.80. The third-order valence-corrected chi connectivity index (χ3v) is 9.56. The van der Waals surface area contributed by atoms with Gasteiger partial charge in [0.1, 0.15) is 29.8 Å². The lowest BCUT2D eigenvalue weighted by molar-refractivity contribution is -0.222. The topological polar surface area (TPSA) is 156 Å². The van der Waals surface area contributed by atoms with Gasteiger partial charge in [-0.3, -0.25) is 19.2 Å². The van der Waals surface area contributed by atoms with Crippen molar-refractivity contribution in [2.24, 2.45) is 46.4 Å². The monoisotopic (exact) mass is 733 g/mol. The predicted octanol–water partition coefficient (Wildman–Crippen LogP) is 3.59. The third kappa shape index (κ3) is 8.00. The number of nitrogens with zero attached hydrogens (tertiary/aromatic N) is 2. The number of cyclic esters (lactones) is 1. The number of ether oxygens (including phenoxy) is 4. The highest BCUT2D eigenvalue weighted by molar-refractivity contribution is 14.1. The van der Waals surface area contributed by atoms with Crippen LogP contribution in [0.4, 0.5) is 0 Å². The van der Waals surface area contributed by atoms with Crippen molar-refractivity contribution in [3.63, 3.8) is 0 Å². The van der Waals surface area contributed by atoms with Crippen molar-refractivity contribution in [1.29, 1.82) is 0 Å². The number of hydrogen-bond donors (Lipinski definition) is 1. The first-order valence-electron chi connectivity index (χ1n) is 15.4. The summed E-state index contributed by atoms with van der Waals surface area (Å²) in [6.07, 6.45) is 0.222. The summed E-state index contributed by atoms with van der Waals surface area (Å²) >= 11 is 1.53. The number of hydrogen-bond acceptors (Lipinski definition) is 11. The smallest absolute Gasteiger partial charge is 0.317 e. The summed E-state index contributed by atoms with van der Waals surface area (Å²) in [6, 6.07) is 0.226. The maximum absolute atomic E-state index is 14.0. The van der Waals surface area contributed by atoms with Gasteiger partial charge in [0.15, 0.2) is 17.9 Å². The van der Waals surface area contributed by atoms with E-state index in [0.717, 1.165) is 6.42 Å². The zero-order valence-corrected chi connectivity index (χ0v) is 29.3. The van der Waals surface area contributed by atoms with E-state index in [1.54, 1.807) is 33.8 Å². The zero-order chi connectivity index (χ0) is 33.0. The van der Waals surface area contributed by atoms with Gasteiger partial charge in [0.25, 0.3) is 0 Å². The predicted molar refractivity (Wildman–Crippen MR) is 170 cm³/mol. The second kappa shape index (κ2) is 15.5. The minimum Gasteiger partial charge on any atom is -0.458 e. The zero-order valence-electron chi connectivity index (χ0n) is 27.2. The van der Waals surface area contributed by atoms with Crippen LogP contribution < -0.4 is 5.73 Å². The number of ketones is 2. The van der Waals surface area contributed by atoms with E-state index in [0.29, 0.717) is 12.0 Å². The first kappa shape index (κ1) is 36.4. The Labute approximate surface area is 274 Å². The van der Waals surface area contributed by atoms with E-state index >= 15 is 0 Å². The van der Waals surface area contributed by atoms with E-state index in [1.807, 2.05) is 27.9 Å². The van der Waals surface area contributed by atoms with Gasteiger partial charge < -0.3 is 32.7 Å². The molecule has 3 aliphatic rings. The molecule has 0 radical (unpaired) electrons. The van der Waals surface area contributed by atoms with Crippen molar-refractivity contribution in [2.45, 2.75) is 104 Å². The minimum atomic E-state index is -1.12. The van der Waals surface area contributed by atoms with Crippen molar-refractivity contribution < 1.29 is 41.3 Å². The number of fused-ring (bicyclic) bond motifs is 1. The molecule has 2 N–H and O–H groups in total. The summed E-state index contributed by atoms with van der Waals surface area (Å²) in [7, 11) is 4.02. The molecule has 0 aromatic heterocycles. The Balaban J connectivity index is 2.07. The standard InChI is InChI=1S/C31H48IN3O9/c1-10-21-28-23(24(31(39)43-28)29(33)34-44-32)17(5)25(36)14(2)11-15(3)27(18(6)26(37)19(7)30(38)41-21)42-22-13-20(35(8)9)12-16(4)40-22/h11,14,16-24,27-28H,10,12-13H2,1-9H3,(H2,33,34)/b15-11-/t14-,16?,17-,18?,19?,20?,21+,22?,23?,24?,27+,28?/m1/s1. The molecular formula is C31H48IN3O9. The molecule has 0 aliphatic carbocycles. The molecule has 12 nitrogen and oxygen atoms in total. The van der Waals surface area contributed by atoms with Crippen LogP contribution in [-0.2, 0) is 41.3 Å². The molecule has 0 aromatic rings. The first-order chi connectivity index (χ1) is 20.6. The highest BCUT2D eigenvalue weighted by Gasteiger charge is 2.55. The van der Waals surface area contributed by atoms with Crippen molar-refractivity contribution in [2.75, 3.05) is 14.1 Å². The van der Waals surface area contributed by atoms with Crippen LogP contribution in [-0.4, -0.2) is 85.1 Å². The fourth-order valence-electron chi connectivity index (χ4n) is 6.78. The second-order valence-electron chi connectivity index (χ2n) is 12.8. The molecular weight excluding hydrogens is 685 g/mol. The molecule has 2 fully saturated rings. The Hall–Kier alpha value is -2.10. The SMILES string of the molecule is CC[C@@H]1OC(=O)C(C)C(=O)C(C)[C@@H](OC2CC(N(C)C)CC(C)O2)/C(C)=C\[C@@H](C)C(=O)[C@H](C)C2C(/C(N)=N/OI)C(=O)OC21. The number of rotatable bonds is 6. The average Bonchev–Trinajstić information content (AvgIpc) is 3.32. The summed E-state index contributed by atoms with van der Waals surface area (Å²) < 4.78 is 29.0. The molecule has 0 bridgehead atoms. The third-order valence-electron chi connectivity index (χ3n) is 9.37. The van der Waals surface area contributed by atoms with E-state index in [9.17, 15) is 19.2 Å². The van der Waals surface area contributed by atoms with Gasteiger partial charge in [-0.1, -0.05) is 38.9 Å². The first-order valence-corrected chi connectivity index (χ1v) is 16.3. The number of carbonyl (C=O) groups is 4. The average molecular weight is 734 g/mol. The number of nitrogens with two attached hydrogens (primary N) is 1. The van der Waals surface area contributed by atoms with Crippen LogP contribution in [0.5, 0.6) is 0 Å². The van der Waals surface area contributed by atoms with Gasteiger partial charge in [0, 0.05) is 36.1 Å². The lowest BCUT2D eigenvalue weighted by atomic mass is 9.73. The molecule has 0 aromatic carbocycles. The molecule has 0 spiro atoms. The largest absolute Gasteiger partial charge is 0.458 e. The lowest BCUT2D eigenvalue weighted by Gasteiger charge is -2.39. The molecule has 0 saturated carbocycles. The van der Waals surface area contributed by atoms with Gasteiger partial charge in [0.05, 0.1) is 12.2 Å². The van der Waals surface area contributed by atoms with Gasteiger partial charge >= 0.3 is 11.9 Å². The molecule has 3 aliphatic heterocycles. The van der Waals surface area contributed by atoms with Crippen LogP contribution >= 0.6 is 23.0 Å². The summed E-state index contributed by atoms with van der Waals surface area (Å²) in [5.74, 6) is -7.21. The molecule has 3 heterocycles. The molecule has 2 saturated heterocycles. The Morgan fingerprint density at radius 1 is 1.02 bits per heavy atom. The maximum Gasteiger partial charge on any atom is 0.317 e. The number of carbonyl (C=O) groups excluding carboxylic acids is 4. The molecule has 0 amide bonds. The molecule has 8 unspecified atom stereocenters. The Morgan fingerprint density at radius 3 is 2.27 bits per heavy atom. The minimum absolute atomic E-state index is 0.0537. The molecule has 12 atom stereocenters. The van der Waals surface area contributed by atoms with Crippen LogP contribution in [0.1, 0.15) is 67.7 Å². The normalized spacial score (nSPS) is 40.9. The second-order valence-corrected chi connectivity index (χ2v) is 13.1. The molecule has 44 heavy (non-hydrogen) atoms. The molecule has 248 valence electrons. The molecule has 3 rings (SSSR count). The van der Waals surface area contributed by atoms with Crippen LogP contribution in [0, 0.1) is 35.5 Å². The van der Waals surface area contributed by atoms with Crippen molar-refractivity contribution >= 4 is 52.3 Å². The lowest BCUT2D eigenvalue weighted by Crippen LogP contribution is -2.47. The van der Waals surface area contributed by atoms with Crippen LogP contribution in [0.2, 0.25) is 0 Å². The Morgan fingerprint density at radius 2 is 1.68 bits per heavy atom. The fraction of sp³-hybridized carbons (Fsp3) is 0.774. The number of oxime groups is 1. The van der Waals surface area contributed by atoms with E-state index in [2.05, 4.69) is 10.1 Å². The van der Waals surface area contributed by atoms with Crippen molar-refractivity contribution in [3.05, 3.63) is 11.6 Å². The fourth-order valence-corrected chi connectivity index (χ4v) is 7.01. The van der Waals surface area contributed by atoms with E-state index < -0.39 is 72.0 Å². The van der Waals surface area contributed by atoms with Gasteiger partial charge in [-0.05, 0) is 53.3 Å². The van der Waals surface area contributed by atoms with Crippen molar-refractivity contribution in [3.8, 4) is 0 Å². The summed E-state index contributed by atoms with van der Waals surface area (Å²) in [6.45, 7) is 12.3. The molecule has 13 heteroatoms. The Kier molecular flexibility index (Phi) is 12.8. The number of esters is 2. The maximum atomic E-state index is 14.0. The van der Waals surface area contributed by atoms with Gasteiger partial charge in [0.2, 0.25) is 23.0 Å². The number of halogens is 1.